The Balaban J connectivity index is 2.13. The Morgan fingerprint density at radius 2 is 2.14 bits per heavy atom. The van der Waals surface area contributed by atoms with Gasteiger partial charge in [-0.15, -0.1) is 0 Å². The minimum absolute atomic E-state index is 0.523. The van der Waals surface area contributed by atoms with E-state index in [1.165, 1.54) is 5.56 Å². The lowest BCUT2D eigenvalue weighted by Gasteiger charge is -2.12. The number of nitrogens with one attached hydrogen (secondary N) is 1. The molecule has 0 aliphatic heterocycles. The summed E-state index contributed by atoms with van der Waals surface area (Å²) < 4.78 is 7.27. The maximum absolute atomic E-state index is 5.12. The van der Waals surface area contributed by atoms with Gasteiger partial charge in [0, 0.05) is 32.1 Å². The highest BCUT2D eigenvalue weighted by molar-refractivity contribution is 5.55. The number of rotatable bonds is 7. The van der Waals surface area contributed by atoms with Gasteiger partial charge in [0.1, 0.15) is 0 Å². The third-order valence-corrected chi connectivity index (χ3v) is 3.45. The quantitative estimate of drug-likeness (QED) is 0.779. The van der Waals surface area contributed by atoms with Crippen LogP contribution in [0.3, 0.4) is 0 Å². The van der Waals surface area contributed by atoms with Crippen molar-refractivity contribution in [2.75, 3.05) is 19.0 Å². The number of imidazole rings is 1. The van der Waals surface area contributed by atoms with Crippen molar-refractivity contribution in [1.82, 2.24) is 9.55 Å². The third kappa shape index (κ3) is 4.33. The van der Waals surface area contributed by atoms with Gasteiger partial charge in [0.15, 0.2) is 0 Å². The number of aryl methyl sites for hydroxylation is 2. The monoisotopic (exact) mass is 287 g/mol. The molecule has 0 saturated carbocycles. The van der Waals surface area contributed by atoms with Crippen LogP contribution in [0, 0.1) is 6.92 Å². The molecule has 1 aromatic heterocycles. The average molecular weight is 287 g/mol. The van der Waals surface area contributed by atoms with E-state index in [9.17, 15) is 0 Å². The van der Waals surface area contributed by atoms with Crippen LogP contribution in [-0.4, -0.2) is 23.3 Å². The van der Waals surface area contributed by atoms with Crippen LogP contribution in [0.15, 0.2) is 30.5 Å². The van der Waals surface area contributed by atoms with Gasteiger partial charge in [0.2, 0.25) is 5.95 Å². The first kappa shape index (κ1) is 15.6. The number of aromatic nitrogens is 2. The summed E-state index contributed by atoms with van der Waals surface area (Å²) in [7, 11) is 1.73. The molecule has 2 rings (SSSR count). The number of methoxy groups -OCH3 is 1. The van der Waals surface area contributed by atoms with Crippen LogP contribution < -0.4 is 5.32 Å². The number of anilines is 2. The van der Waals surface area contributed by atoms with Gasteiger partial charge in [-0.25, -0.2) is 4.98 Å². The number of benzene rings is 1. The molecule has 2 aromatic rings. The molecule has 0 aliphatic rings. The first-order valence-corrected chi connectivity index (χ1v) is 7.50. The molecule has 0 saturated heterocycles. The lowest BCUT2D eigenvalue weighted by atomic mass is 10.0. The molecule has 0 atom stereocenters. The summed E-state index contributed by atoms with van der Waals surface area (Å²) in [5.41, 5.74) is 3.43. The van der Waals surface area contributed by atoms with E-state index >= 15 is 0 Å². The standard InChI is InChI=1S/C17H25N3O/c1-13(2)15-7-5-8-16(11-15)19-17-18-14(3)12-20(17)9-6-10-21-4/h5,7-8,11-13H,6,9-10H2,1-4H3,(H,18,19). The smallest absolute Gasteiger partial charge is 0.207 e. The van der Waals surface area contributed by atoms with E-state index in [2.05, 4.69) is 59.2 Å². The number of hydrogen-bond acceptors (Lipinski definition) is 3. The second kappa shape index (κ2) is 7.27. The maximum atomic E-state index is 5.12. The molecule has 1 heterocycles. The van der Waals surface area contributed by atoms with Crippen LogP contribution in [-0.2, 0) is 11.3 Å². The van der Waals surface area contributed by atoms with Gasteiger partial charge in [-0.3, -0.25) is 0 Å². The SMILES string of the molecule is COCCCn1cc(C)nc1Nc1cccc(C(C)C)c1. The van der Waals surface area contributed by atoms with Crippen LogP contribution in [0.4, 0.5) is 11.6 Å². The van der Waals surface area contributed by atoms with Gasteiger partial charge in [0.25, 0.3) is 0 Å². The highest BCUT2D eigenvalue weighted by atomic mass is 16.5. The summed E-state index contributed by atoms with van der Waals surface area (Å²) in [6.45, 7) is 8.09. The zero-order valence-corrected chi connectivity index (χ0v) is 13.4. The van der Waals surface area contributed by atoms with Crippen molar-refractivity contribution >= 4 is 11.6 Å². The number of hydrogen-bond donors (Lipinski definition) is 1. The molecule has 0 aliphatic carbocycles. The van der Waals surface area contributed by atoms with E-state index in [1.54, 1.807) is 7.11 Å². The Morgan fingerprint density at radius 3 is 2.86 bits per heavy atom. The molecule has 4 nitrogen and oxygen atoms in total. The maximum Gasteiger partial charge on any atom is 0.207 e. The van der Waals surface area contributed by atoms with Gasteiger partial charge >= 0.3 is 0 Å². The highest BCUT2D eigenvalue weighted by Crippen LogP contribution is 2.22. The molecular weight excluding hydrogens is 262 g/mol. The second-order valence-electron chi connectivity index (χ2n) is 5.65. The molecule has 0 bridgehead atoms. The molecule has 0 unspecified atom stereocenters. The molecule has 0 spiro atoms. The van der Waals surface area contributed by atoms with Crippen molar-refractivity contribution in [3.05, 3.63) is 41.7 Å². The van der Waals surface area contributed by atoms with Crippen molar-refractivity contribution < 1.29 is 4.74 Å². The van der Waals surface area contributed by atoms with E-state index in [0.717, 1.165) is 36.9 Å². The summed E-state index contributed by atoms with van der Waals surface area (Å²) >= 11 is 0. The van der Waals surface area contributed by atoms with Crippen molar-refractivity contribution in [2.24, 2.45) is 0 Å². The zero-order chi connectivity index (χ0) is 15.2. The molecule has 1 aromatic carbocycles. The van der Waals surface area contributed by atoms with E-state index in [-0.39, 0.29) is 0 Å². The highest BCUT2D eigenvalue weighted by Gasteiger charge is 2.07. The predicted molar refractivity (Wildman–Crippen MR) is 87.3 cm³/mol. The Labute approximate surface area is 127 Å². The molecule has 4 heteroatoms. The summed E-state index contributed by atoms with van der Waals surface area (Å²) in [4.78, 5) is 4.57. The van der Waals surface area contributed by atoms with Gasteiger partial charge in [-0.05, 0) is 37.0 Å². The number of ether oxygens (including phenoxy) is 1. The van der Waals surface area contributed by atoms with E-state index in [1.807, 2.05) is 6.92 Å². The topological polar surface area (TPSA) is 39.1 Å². The van der Waals surface area contributed by atoms with E-state index in [0.29, 0.717) is 5.92 Å². The lowest BCUT2D eigenvalue weighted by Crippen LogP contribution is -2.05. The minimum Gasteiger partial charge on any atom is -0.385 e. The van der Waals surface area contributed by atoms with Crippen LogP contribution in [0.1, 0.15) is 37.4 Å². The van der Waals surface area contributed by atoms with Crippen LogP contribution in [0.25, 0.3) is 0 Å². The Morgan fingerprint density at radius 1 is 1.33 bits per heavy atom. The minimum atomic E-state index is 0.523. The predicted octanol–water partition coefficient (Wildman–Crippen LogP) is 4.10. The van der Waals surface area contributed by atoms with Crippen molar-refractivity contribution in [3.63, 3.8) is 0 Å². The van der Waals surface area contributed by atoms with Gasteiger partial charge < -0.3 is 14.6 Å². The first-order valence-electron chi connectivity index (χ1n) is 7.50. The Hall–Kier alpha value is -1.81. The molecule has 114 valence electrons. The fourth-order valence-electron chi connectivity index (χ4n) is 2.30. The van der Waals surface area contributed by atoms with Crippen molar-refractivity contribution in [3.8, 4) is 0 Å². The Bertz CT molecular complexity index is 575. The lowest BCUT2D eigenvalue weighted by molar-refractivity contribution is 0.190. The van der Waals surface area contributed by atoms with Crippen molar-refractivity contribution in [2.45, 2.75) is 39.7 Å². The fourth-order valence-corrected chi connectivity index (χ4v) is 2.30. The van der Waals surface area contributed by atoms with E-state index in [4.69, 9.17) is 4.74 Å². The second-order valence-corrected chi connectivity index (χ2v) is 5.65. The molecule has 0 radical (unpaired) electrons. The average Bonchev–Trinajstić information content (AvgIpc) is 2.79. The summed E-state index contributed by atoms with van der Waals surface area (Å²) in [6.07, 6.45) is 3.05. The van der Waals surface area contributed by atoms with Crippen LogP contribution in [0.5, 0.6) is 0 Å². The third-order valence-electron chi connectivity index (χ3n) is 3.45. The normalized spacial score (nSPS) is 11.1. The largest absolute Gasteiger partial charge is 0.385 e. The fraction of sp³-hybridized carbons (Fsp3) is 0.471. The van der Waals surface area contributed by atoms with Crippen LogP contribution >= 0.6 is 0 Å². The first-order chi connectivity index (χ1) is 10.1. The molecule has 21 heavy (non-hydrogen) atoms. The van der Waals surface area contributed by atoms with Gasteiger partial charge in [-0.1, -0.05) is 26.0 Å². The Kier molecular flexibility index (Phi) is 5.39. The zero-order valence-electron chi connectivity index (χ0n) is 13.4. The van der Waals surface area contributed by atoms with Gasteiger partial charge in [-0.2, -0.15) is 0 Å². The molecular formula is C17H25N3O. The summed E-state index contributed by atoms with van der Waals surface area (Å²) in [5, 5.41) is 3.43. The van der Waals surface area contributed by atoms with Gasteiger partial charge in [0.05, 0.1) is 5.69 Å². The molecule has 1 N–H and O–H groups in total. The van der Waals surface area contributed by atoms with Crippen molar-refractivity contribution in [1.29, 1.82) is 0 Å². The van der Waals surface area contributed by atoms with Crippen LogP contribution in [0.2, 0.25) is 0 Å². The molecule has 0 fully saturated rings. The summed E-state index contributed by atoms with van der Waals surface area (Å²) in [6, 6.07) is 8.51. The molecule has 0 amide bonds. The number of nitrogens with zero attached hydrogens (tertiary/aromatic N) is 2. The summed E-state index contributed by atoms with van der Waals surface area (Å²) in [5.74, 6) is 1.42. The van der Waals surface area contributed by atoms with E-state index < -0.39 is 0 Å².